The molecule has 0 saturated carbocycles. The maximum Gasteiger partial charge on any atom is 0.330 e. The van der Waals surface area contributed by atoms with Gasteiger partial charge in [0.05, 0.1) is 0 Å². The normalized spacial score (nSPS) is 11.8. The van der Waals surface area contributed by atoms with E-state index in [2.05, 4.69) is 10.3 Å². The number of benzene rings is 1. The van der Waals surface area contributed by atoms with Crippen molar-refractivity contribution >= 4 is 11.9 Å². The van der Waals surface area contributed by atoms with Crippen LogP contribution >= 0.6 is 0 Å². The summed E-state index contributed by atoms with van der Waals surface area (Å²) in [5.74, 6) is -1.54. The number of hydrogen-bond donors (Lipinski definition) is 3. The first kappa shape index (κ1) is 11.9. The molecule has 2 aromatic rings. The Morgan fingerprint density at radius 3 is 2.39 bits per heavy atom. The van der Waals surface area contributed by atoms with Gasteiger partial charge in [0.25, 0.3) is 5.91 Å². The van der Waals surface area contributed by atoms with E-state index in [1.807, 2.05) is 0 Å². The van der Waals surface area contributed by atoms with Crippen molar-refractivity contribution < 1.29 is 14.7 Å². The second-order valence-corrected chi connectivity index (χ2v) is 3.74. The molecule has 0 aliphatic heterocycles. The van der Waals surface area contributed by atoms with Gasteiger partial charge in [-0.05, 0) is 17.7 Å². The molecule has 0 aliphatic rings. The summed E-state index contributed by atoms with van der Waals surface area (Å²) in [5.41, 5.74) is 0.863. The summed E-state index contributed by atoms with van der Waals surface area (Å²) < 4.78 is 0. The van der Waals surface area contributed by atoms with Gasteiger partial charge in [-0.15, -0.1) is 0 Å². The lowest BCUT2D eigenvalue weighted by Crippen LogP contribution is -2.33. The van der Waals surface area contributed by atoms with Gasteiger partial charge in [0.2, 0.25) is 0 Å². The minimum Gasteiger partial charge on any atom is -0.479 e. The first-order valence-corrected chi connectivity index (χ1v) is 5.40. The molecule has 5 heteroatoms. The monoisotopic (exact) mass is 244 g/mol. The van der Waals surface area contributed by atoms with Gasteiger partial charge in [0.1, 0.15) is 5.69 Å². The summed E-state index contributed by atoms with van der Waals surface area (Å²) in [6.45, 7) is 0. The molecule has 1 unspecified atom stereocenters. The van der Waals surface area contributed by atoms with Gasteiger partial charge >= 0.3 is 5.97 Å². The van der Waals surface area contributed by atoms with Gasteiger partial charge in [-0.25, -0.2) is 4.79 Å². The average molecular weight is 244 g/mol. The van der Waals surface area contributed by atoms with Crippen LogP contribution in [0.5, 0.6) is 0 Å². The number of carboxylic acids is 1. The van der Waals surface area contributed by atoms with E-state index in [1.165, 1.54) is 0 Å². The number of aromatic amines is 1. The molecular formula is C13H12N2O3. The number of amides is 1. The second-order valence-electron chi connectivity index (χ2n) is 3.74. The van der Waals surface area contributed by atoms with Crippen LogP contribution in [0, 0.1) is 0 Å². The molecule has 0 fully saturated rings. The molecule has 92 valence electrons. The van der Waals surface area contributed by atoms with Gasteiger partial charge in [0, 0.05) is 6.20 Å². The lowest BCUT2D eigenvalue weighted by molar-refractivity contribution is -0.139. The topological polar surface area (TPSA) is 82.2 Å². The Labute approximate surface area is 103 Å². The molecule has 0 saturated heterocycles. The number of nitrogens with one attached hydrogen (secondary N) is 2. The van der Waals surface area contributed by atoms with Crippen LogP contribution < -0.4 is 5.32 Å². The summed E-state index contributed by atoms with van der Waals surface area (Å²) in [4.78, 5) is 25.7. The fourth-order valence-electron chi connectivity index (χ4n) is 1.61. The van der Waals surface area contributed by atoms with E-state index in [-0.39, 0.29) is 0 Å². The zero-order chi connectivity index (χ0) is 13.0. The quantitative estimate of drug-likeness (QED) is 0.763. The summed E-state index contributed by atoms with van der Waals surface area (Å²) in [7, 11) is 0. The smallest absolute Gasteiger partial charge is 0.330 e. The Hall–Kier alpha value is -2.56. The van der Waals surface area contributed by atoms with Crippen molar-refractivity contribution in [3.05, 3.63) is 59.9 Å². The number of carbonyl (C=O) groups excluding carboxylic acids is 1. The predicted octanol–water partition coefficient (Wildman–Crippen LogP) is 1.57. The van der Waals surface area contributed by atoms with E-state index in [0.717, 1.165) is 0 Å². The van der Waals surface area contributed by atoms with Crippen LogP contribution in [0.15, 0.2) is 48.7 Å². The number of aliphatic carboxylic acids is 1. The van der Waals surface area contributed by atoms with Crippen molar-refractivity contribution in [1.82, 2.24) is 10.3 Å². The van der Waals surface area contributed by atoms with Crippen molar-refractivity contribution in [2.45, 2.75) is 6.04 Å². The minimum absolute atomic E-state index is 0.331. The number of carboxylic acid groups (broad SMARTS) is 1. The maximum atomic E-state index is 11.8. The van der Waals surface area contributed by atoms with E-state index >= 15 is 0 Å². The van der Waals surface area contributed by atoms with Crippen LogP contribution in [-0.4, -0.2) is 22.0 Å². The molecule has 18 heavy (non-hydrogen) atoms. The third-order valence-corrected chi connectivity index (χ3v) is 2.50. The number of hydrogen-bond acceptors (Lipinski definition) is 2. The SMILES string of the molecule is O=C(NC(C(=O)O)c1ccccc1)c1ccc[nH]1. The molecular weight excluding hydrogens is 232 g/mol. The first-order chi connectivity index (χ1) is 8.68. The third-order valence-electron chi connectivity index (χ3n) is 2.50. The summed E-state index contributed by atoms with van der Waals surface area (Å²) in [5, 5.41) is 11.6. The van der Waals surface area contributed by atoms with Crippen molar-refractivity contribution in [1.29, 1.82) is 0 Å². The van der Waals surface area contributed by atoms with Crippen LogP contribution in [0.4, 0.5) is 0 Å². The maximum absolute atomic E-state index is 11.8. The van der Waals surface area contributed by atoms with Crippen molar-refractivity contribution in [3.8, 4) is 0 Å². The van der Waals surface area contributed by atoms with Crippen molar-refractivity contribution in [2.75, 3.05) is 0 Å². The summed E-state index contributed by atoms with van der Waals surface area (Å²) >= 11 is 0. The Morgan fingerprint density at radius 2 is 1.83 bits per heavy atom. The van der Waals surface area contributed by atoms with Crippen LogP contribution in [-0.2, 0) is 4.79 Å². The van der Waals surface area contributed by atoms with Crippen LogP contribution in [0.3, 0.4) is 0 Å². The highest BCUT2D eigenvalue weighted by molar-refractivity contribution is 5.95. The standard InChI is InChI=1S/C13H12N2O3/c16-12(10-7-4-8-14-10)15-11(13(17)18)9-5-2-1-3-6-9/h1-8,11,14H,(H,15,16)(H,17,18). The molecule has 2 rings (SSSR count). The lowest BCUT2D eigenvalue weighted by Gasteiger charge is -2.14. The molecule has 1 amide bonds. The van der Waals surface area contributed by atoms with E-state index < -0.39 is 17.9 Å². The Bertz CT molecular complexity index is 535. The summed E-state index contributed by atoms with van der Waals surface area (Å²) in [6.07, 6.45) is 1.60. The molecule has 1 atom stereocenters. The molecule has 3 N–H and O–H groups in total. The first-order valence-electron chi connectivity index (χ1n) is 5.40. The molecule has 0 spiro atoms. The van der Waals surface area contributed by atoms with Crippen molar-refractivity contribution in [3.63, 3.8) is 0 Å². The van der Waals surface area contributed by atoms with Gasteiger partial charge < -0.3 is 15.4 Å². The van der Waals surface area contributed by atoms with Gasteiger partial charge in [-0.1, -0.05) is 30.3 Å². The van der Waals surface area contributed by atoms with Gasteiger partial charge in [0.15, 0.2) is 6.04 Å². The number of carbonyl (C=O) groups is 2. The lowest BCUT2D eigenvalue weighted by atomic mass is 10.1. The van der Waals surface area contributed by atoms with Crippen LogP contribution in [0.2, 0.25) is 0 Å². The van der Waals surface area contributed by atoms with E-state index in [9.17, 15) is 9.59 Å². The Balaban J connectivity index is 2.18. The Morgan fingerprint density at radius 1 is 1.11 bits per heavy atom. The fourth-order valence-corrected chi connectivity index (χ4v) is 1.61. The highest BCUT2D eigenvalue weighted by atomic mass is 16.4. The second kappa shape index (κ2) is 5.18. The molecule has 1 heterocycles. The van der Waals surface area contributed by atoms with Gasteiger partial charge in [-0.2, -0.15) is 0 Å². The third kappa shape index (κ3) is 2.57. The molecule has 1 aromatic carbocycles. The minimum atomic E-state index is -1.10. The van der Waals surface area contributed by atoms with Gasteiger partial charge in [-0.3, -0.25) is 4.79 Å². The number of H-pyrrole nitrogens is 1. The fraction of sp³-hybridized carbons (Fsp3) is 0.0769. The van der Waals surface area contributed by atoms with Crippen LogP contribution in [0.1, 0.15) is 22.1 Å². The highest BCUT2D eigenvalue weighted by Gasteiger charge is 2.22. The molecule has 0 aliphatic carbocycles. The summed E-state index contributed by atoms with van der Waals surface area (Å²) in [6, 6.07) is 10.8. The highest BCUT2D eigenvalue weighted by Crippen LogP contribution is 2.13. The predicted molar refractivity (Wildman–Crippen MR) is 65.1 cm³/mol. The number of rotatable bonds is 4. The van der Waals surface area contributed by atoms with Crippen molar-refractivity contribution in [2.24, 2.45) is 0 Å². The van der Waals surface area contributed by atoms with E-state index in [1.54, 1.807) is 48.7 Å². The molecule has 5 nitrogen and oxygen atoms in total. The van der Waals surface area contributed by atoms with E-state index in [0.29, 0.717) is 11.3 Å². The number of aromatic nitrogens is 1. The molecule has 0 bridgehead atoms. The largest absolute Gasteiger partial charge is 0.479 e. The van der Waals surface area contributed by atoms with E-state index in [4.69, 9.17) is 5.11 Å². The van der Waals surface area contributed by atoms with Crippen LogP contribution in [0.25, 0.3) is 0 Å². The zero-order valence-electron chi connectivity index (χ0n) is 9.46. The zero-order valence-corrected chi connectivity index (χ0v) is 9.46. The molecule has 1 aromatic heterocycles. The Kier molecular flexibility index (Phi) is 3.43. The molecule has 0 radical (unpaired) electrons. The average Bonchev–Trinajstić information content (AvgIpc) is 2.90.